The summed E-state index contributed by atoms with van der Waals surface area (Å²) in [6.07, 6.45) is 1.33. The van der Waals surface area contributed by atoms with Crippen molar-refractivity contribution in [2.45, 2.75) is 43.2 Å². The second-order valence-corrected chi connectivity index (χ2v) is 8.02. The van der Waals surface area contributed by atoms with E-state index in [1.54, 1.807) is 18.2 Å². The van der Waals surface area contributed by atoms with Gasteiger partial charge < -0.3 is 0 Å². The van der Waals surface area contributed by atoms with Gasteiger partial charge in [-0.3, -0.25) is 14.3 Å². The van der Waals surface area contributed by atoms with Crippen LogP contribution in [0.2, 0.25) is 0 Å². The lowest BCUT2D eigenvalue weighted by atomic mass is 10.1. The Bertz CT molecular complexity index is 1220. The first-order valence-electron chi connectivity index (χ1n) is 8.95. The van der Waals surface area contributed by atoms with E-state index < -0.39 is 17.2 Å². The Kier molecular flexibility index (Phi) is 5.99. The minimum absolute atomic E-state index is 0.0774. The molecule has 0 unspecified atom stereocenters. The van der Waals surface area contributed by atoms with Crippen LogP contribution in [0.25, 0.3) is 0 Å². The predicted octanol–water partition coefficient (Wildman–Crippen LogP) is 3.57. The molecule has 0 saturated heterocycles. The Morgan fingerprint density at radius 3 is 2.69 bits per heavy atom. The maximum Gasteiger partial charge on any atom is 0.329 e. The van der Waals surface area contributed by atoms with Crippen LogP contribution in [0.4, 0.5) is 4.39 Å². The van der Waals surface area contributed by atoms with Gasteiger partial charge in [-0.2, -0.15) is 9.65 Å². The van der Waals surface area contributed by atoms with E-state index in [0.29, 0.717) is 21.7 Å². The molecule has 2 aromatic heterocycles. The zero-order chi connectivity index (χ0) is 21.1. The molecular weight excluding hydrogens is 391 g/mol. The predicted molar refractivity (Wildman–Crippen MR) is 109 cm³/mol. The minimum atomic E-state index is -0.643. The summed E-state index contributed by atoms with van der Waals surface area (Å²) < 4.78 is 14.9. The topological polar surface area (TPSA) is 91.5 Å². The average molecular weight is 410 g/mol. The number of aromatic nitrogens is 3. The summed E-state index contributed by atoms with van der Waals surface area (Å²) in [5.74, 6) is -0.793. The molecule has 0 aliphatic carbocycles. The van der Waals surface area contributed by atoms with Crippen molar-refractivity contribution in [2.75, 3.05) is 0 Å². The summed E-state index contributed by atoms with van der Waals surface area (Å²) in [6.45, 7) is 5.69. The van der Waals surface area contributed by atoms with Gasteiger partial charge in [0.25, 0.3) is 5.56 Å². The van der Waals surface area contributed by atoms with Crippen molar-refractivity contribution in [3.05, 3.63) is 85.6 Å². The van der Waals surface area contributed by atoms with E-state index >= 15 is 0 Å². The van der Waals surface area contributed by atoms with Crippen molar-refractivity contribution in [1.82, 2.24) is 14.5 Å². The first kappa shape index (κ1) is 20.6. The van der Waals surface area contributed by atoms with E-state index in [1.807, 2.05) is 26.8 Å². The van der Waals surface area contributed by atoms with Gasteiger partial charge in [0.15, 0.2) is 0 Å². The zero-order valence-electron chi connectivity index (χ0n) is 16.2. The SMILES string of the molecule is Cc1cc(C#N)cc(Sc2c(C(C)C)c(=O)[nH]c(=O)n2Cc2ccnc(F)c2)c1. The Labute approximate surface area is 171 Å². The molecule has 29 heavy (non-hydrogen) atoms. The minimum Gasteiger partial charge on any atom is -0.283 e. The molecule has 2 heterocycles. The highest BCUT2D eigenvalue weighted by Gasteiger charge is 2.19. The van der Waals surface area contributed by atoms with Crippen LogP contribution < -0.4 is 11.2 Å². The smallest absolute Gasteiger partial charge is 0.283 e. The summed E-state index contributed by atoms with van der Waals surface area (Å²) in [7, 11) is 0. The normalized spacial score (nSPS) is 10.9. The first-order chi connectivity index (χ1) is 13.8. The third-order valence-corrected chi connectivity index (χ3v) is 5.39. The van der Waals surface area contributed by atoms with Gasteiger partial charge in [0, 0.05) is 11.1 Å². The van der Waals surface area contributed by atoms with Crippen LogP contribution in [-0.2, 0) is 6.54 Å². The van der Waals surface area contributed by atoms with Crippen molar-refractivity contribution >= 4 is 11.8 Å². The van der Waals surface area contributed by atoms with E-state index in [-0.39, 0.29) is 12.5 Å². The van der Waals surface area contributed by atoms with Gasteiger partial charge >= 0.3 is 5.69 Å². The number of hydrogen-bond acceptors (Lipinski definition) is 5. The number of nitrogens with zero attached hydrogens (tertiary/aromatic N) is 3. The number of nitrogens with one attached hydrogen (secondary N) is 1. The van der Waals surface area contributed by atoms with Crippen LogP contribution in [0.5, 0.6) is 0 Å². The molecule has 0 radical (unpaired) electrons. The van der Waals surface area contributed by atoms with Gasteiger partial charge in [0.2, 0.25) is 5.95 Å². The molecule has 0 amide bonds. The highest BCUT2D eigenvalue weighted by Crippen LogP contribution is 2.33. The fourth-order valence-corrected chi connectivity index (χ4v) is 4.39. The second kappa shape index (κ2) is 8.45. The lowest BCUT2D eigenvalue weighted by Crippen LogP contribution is -2.34. The monoisotopic (exact) mass is 410 g/mol. The summed E-state index contributed by atoms with van der Waals surface area (Å²) in [6, 6.07) is 10.3. The van der Waals surface area contributed by atoms with Gasteiger partial charge in [0.1, 0.15) is 0 Å². The number of aryl methyl sites for hydroxylation is 1. The molecule has 0 spiro atoms. The number of aromatic amines is 1. The van der Waals surface area contributed by atoms with Crippen molar-refractivity contribution in [2.24, 2.45) is 0 Å². The number of hydrogen-bond donors (Lipinski definition) is 1. The molecule has 6 nitrogen and oxygen atoms in total. The van der Waals surface area contributed by atoms with Crippen LogP contribution in [0, 0.1) is 24.2 Å². The van der Waals surface area contributed by atoms with Gasteiger partial charge in [-0.25, -0.2) is 9.78 Å². The van der Waals surface area contributed by atoms with Crippen LogP contribution in [0.1, 0.15) is 42.0 Å². The van der Waals surface area contributed by atoms with Gasteiger partial charge in [0.05, 0.1) is 28.8 Å². The zero-order valence-corrected chi connectivity index (χ0v) is 17.0. The highest BCUT2D eigenvalue weighted by atomic mass is 32.2. The molecule has 0 aliphatic rings. The maximum absolute atomic E-state index is 13.5. The molecule has 0 bridgehead atoms. The van der Waals surface area contributed by atoms with E-state index in [0.717, 1.165) is 10.5 Å². The van der Waals surface area contributed by atoms with Crippen LogP contribution in [-0.4, -0.2) is 14.5 Å². The largest absolute Gasteiger partial charge is 0.329 e. The third-order valence-electron chi connectivity index (χ3n) is 4.29. The average Bonchev–Trinajstić information content (AvgIpc) is 2.64. The van der Waals surface area contributed by atoms with Crippen LogP contribution in [0.3, 0.4) is 0 Å². The number of rotatable bonds is 5. The molecule has 8 heteroatoms. The van der Waals surface area contributed by atoms with Crippen molar-refractivity contribution < 1.29 is 4.39 Å². The first-order valence-corrected chi connectivity index (χ1v) is 9.77. The van der Waals surface area contributed by atoms with Crippen molar-refractivity contribution in [1.29, 1.82) is 5.26 Å². The standard InChI is InChI=1S/C21H19FN4O2S/c1-12(2)18-19(27)25-21(28)26(11-14-4-5-24-17(22)9-14)20(18)29-16-7-13(3)6-15(8-16)10-23/h4-9,12H,11H2,1-3H3,(H,25,27,28). The lowest BCUT2D eigenvalue weighted by Gasteiger charge is -2.18. The Morgan fingerprint density at radius 1 is 1.28 bits per heavy atom. The van der Waals surface area contributed by atoms with Crippen molar-refractivity contribution in [3.63, 3.8) is 0 Å². The Hall–Kier alpha value is -3.18. The molecule has 0 fully saturated rings. The Morgan fingerprint density at radius 2 is 2.03 bits per heavy atom. The summed E-state index contributed by atoms with van der Waals surface area (Å²) in [5.41, 5.74) is 1.38. The Balaban J connectivity index is 2.20. The van der Waals surface area contributed by atoms with E-state index in [9.17, 15) is 19.2 Å². The molecule has 0 atom stereocenters. The third kappa shape index (κ3) is 4.63. The fraction of sp³-hybridized carbons (Fsp3) is 0.238. The highest BCUT2D eigenvalue weighted by molar-refractivity contribution is 7.99. The summed E-state index contributed by atoms with van der Waals surface area (Å²) in [5, 5.41) is 9.72. The number of H-pyrrole nitrogens is 1. The second-order valence-electron chi connectivity index (χ2n) is 6.95. The van der Waals surface area contributed by atoms with Gasteiger partial charge in [-0.05, 0) is 54.3 Å². The number of pyridine rings is 1. The van der Waals surface area contributed by atoms with Gasteiger partial charge in [-0.1, -0.05) is 25.6 Å². The lowest BCUT2D eigenvalue weighted by molar-refractivity contribution is 0.573. The molecule has 1 N–H and O–H groups in total. The van der Waals surface area contributed by atoms with Crippen LogP contribution >= 0.6 is 11.8 Å². The number of nitriles is 1. The van der Waals surface area contributed by atoms with Crippen LogP contribution in [0.15, 0.2) is 56.0 Å². The fourth-order valence-electron chi connectivity index (χ4n) is 3.04. The summed E-state index contributed by atoms with van der Waals surface area (Å²) >= 11 is 1.25. The van der Waals surface area contributed by atoms with E-state index in [1.165, 1.54) is 28.6 Å². The molecule has 3 aromatic rings. The molecule has 0 aliphatic heterocycles. The number of benzene rings is 1. The van der Waals surface area contributed by atoms with Gasteiger partial charge in [-0.15, -0.1) is 0 Å². The summed E-state index contributed by atoms with van der Waals surface area (Å²) in [4.78, 5) is 31.8. The van der Waals surface area contributed by atoms with Crippen molar-refractivity contribution in [3.8, 4) is 6.07 Å². The van der Waals surface area contributed by atoms with E-state index in [2.05, 4.69) is 16.0 Å². The molecular formula is C21H19FN4O2S. The quantitative estimate of drug-likeness (QED) is 0.513. The molecule has 148 valence electrons. The molecule has 3 rings (SSSR count). The van der Waals surface area contributed by atoms with E-state index in [4.69, 9.17) is 0 Å². The maximum atomic E-state index is 13.5. The molecule has 1 aromatic carbocycles. The molecule has 0 saturated carbocycles. The number of halogens is 1.